The van der Waals surface area contributed by atoms with Gasteiger partial charge in [-0.1, -0.05) is 0 Å². The summed E-state index contributed by atoms with van der Waals surface area (Å²) in [6.07, 6.45) is -0.0509. The molecular formula is C12H14F3N3O. The van der Waals surface area contributed by atoms with Crippen LogP contribution in [-0.4, -0.2) is 48.3 Å². The van der Waals surface area contributed by atoms with Gasteiger partial charge in [0.1, 0.15) is 0 Å². The summed E-state index contributed by atoms with van der Waals surface area (Å²) in [5.41, 5.74) is -0.600. The first kappa shape index (κ1) is 13.6. The molecule has 2 heterocycles. The third kappa shape index (κ3) is 2.64. The molecule has 0 aliphatic carbocycles. The quantitative estimate of drug-likeness (QED) is 0.684. The Morgan fingerprint density at radius 3 is 2.47 bits per heavy atom. The molecule has 2 rings (SSSR count). The number of hydrogen-bond donors (Lipinski definition) is 0. The number of alkyl halides is 3. The van der Waals surface area contributed by atoms with Crippen LogP contribution in [0.3, 0.4) is 0 Å². The maximum atomic E-state index is 12.8. The van der Waals surface area contributed by atoms with Gasteiger partial charge in [0, 0.05) is 26.3 Å². The summed E-state index contributed by atoms with van der Waals surface area (Å²) in [6.45, 7) is 0.878. The number of likely N-dealkylation sites (N-methyl/N-ethyl adjacent to an activating group) is 1. The molecule has 0 N–H and O–H groups in total. The van der Waals surface area contributed by atoms with Crippen molar-refractivity contribution in [1.29, 1.82) is 0 Å². The molecule has 0 saturated carbocycles. The molecule has 2 aliphatic heterocycles. The number of hydrogen-bond acceptors (Lipinski definition) is 3. The topological polar surface area (TPSA) is 35.9 Å². The number of carbonyl (C=O) groups excluding carboxylic acids is 1. The Morgan fingerprint density at radius 2 is 1.95 bits per heavy atom. The molecule has 0 unspecified atom stereocenters. The van der Waals surface area contributed by atoms with Crippen LogP contribution in [0, 0.1) is 0 Å². The monoisotopic (exact) mass is 273 g/mol. The molecule has 0 radical (unpaired) electrons. The zero-order chi connectivity index (χ0) is 14.2. The zero-order valence-electron chi connectivity index (χ0n) is 10.7. The minimum Gasteiger partial charge on any atom is -0.378 e. The summed E-state index contributed by atoms with van der Waals surface area (Å²) in [6, 6.07) is 0. The van der Waals surface area contributed by atoms with E-state index in [1.54, 1.807) is 6.08 Å². The van der Waals surface area contributed by atoms with Crippen molar-refractivity contribution >= 4 is 11.6 Å². The fourth-order valence-corrected chi connectivity index (χ4v) is 2.11. The van der Waals surface area contributed by atoms with Crippen LogP contribution in [0.5, 0.6) is 0 Å². The third-order valence-electron chi connectivity index (χ3n) is 3.16. The van der Waals surface area contributed by atoms with Gasteiger partial charge in [0.05, 0.1) is 5.57 Å². The highest BCUT2D eigenvalue weighted by Crippen LogP contribution is 2.28. The molecule has 1 amide bonds. The smallest absolute Gasteiger partial charge is 0.378 e. The summed E-state index contributed by atoms with van der Waals surface area (Å²) < 4.78 is 38.3. The maximum Gasteiger partial charge on any atom is 0.435 e. The highest BCUT2D eigenvalue weighted by Gasteiger charge is 2.45. The molecule has 4 nitrogen and oxygen atoms in total. The average Bonchev–Trinajstić information content (AvgIpc) is 2.82. The number of carbonyl (C=O) groups is 1. The van der Waals surface area contributed by atoms with Crippen LogP contribution in [0.4, 0.5) is 13.2 Å². The maximum absolute atomic E-state index is 12.8. The van der Waals surface area contributed by atoms with E-state index in [4.69, 9.17) is 0 Å². The number of halogens is 3. The average molecular weight is 273 g/mol. The molecule has 1 fully saturated rings. The predicted molar refractivity (Wildman–Crippen MR) is 64.3 cm³/mol. The van der Waals surface area contributed by atoms with E-state index in [0.29, 0.717) is 5.01 Å². The van der Waals surface area contributed by atoms with Crippen molar-refractivity contribution in [3.8, 4) is 0 Å². The Bertz CT molecular complexity index is 491. The Kier molecular flexibility index (Phi) is 3.38. The Labute approximate surface area is 108 Å². The predicted octanol–water partition coefficient (Wildman–Crippen LogP) is 1.91. The molecule has 0 bridgehead atoms. The van der Waals surface area contributed by atoms with Crippen LogP contribution >= 0.6 is 0 Å². The first-order valence-corrected chi connectivity index (χ1v) is 5.87. The SMILES string of the molecule is CN1N=C(C(F)(F)F)/C(=C\C=C2\CCCN2C)C1=O. The summed E-state index contributed by atoms with van der Waals surface area (Å²) in [5.74, 6) is -0.732. The lowest BCUT2D eigenvalue weighted by atomic mass is 10.1. The summed E-state index contributed by atoms with van der Waals surface area (Å²) in [4.78, 5) is 13.6. The van der Waals surface area contributed by atoms with Gasteiger partial charge in [-0.25, -0.2) is 5.01 Å². The van der Waals surface area contributed by atoms with Gasteiger partial charge in [0.15, 0.2) is 5.71 Å². The van der Waals surface area contributed by atoms with E-state index in [1.807, 2.05) is 11.9 Å². The largest absolute Gasteiger partial charge is 0.435 e. The van der Waals surface area contributed by atoms with E-state index in [9.17, 15) is 18.0 Å². The summed E-state index contributed by atoms with van der Waals surface area (Å²) >= 11 is 0. The number of nitrogens with zero attached hydrogens (tertiary/aromatic N) is 3. The fourth-order valence-electron chi connectivity index (χ4n) is 2.11. The van der Waals surface area contributed by atoms with Crippen molar-refractivity contribution < 1.29 is 18.0 Å². The summed E-state index contributed by atoms with van der Waals surface area (Å²) in [5, 5.41) is 3.96. The fraction of sp³-hybridized carbons (Fsp3) is 0.500. The van der Waals surface area contributed by atoms with Crippen molar-refractivity contribution in [3.63, 3.8) is 0 Å². The van der Waals surface area contributed by atoms with Crippen molar-refractivity contribution in [2.24, 2.45) is 5.10 Å². The van der Waals surface area contributed by atoms with Crippen LogP contribution in [0.25, 0.3) is 0 Å². The second kappa shape index (κ2) is 4.71. The van der Waals surface area contributed by atoms with E-state index in [1.165, 1.54) is 13.1 Å². The second-order valence-corrected chi connectivity index (χ2v) is 4.54. The van der Waals surface area contributed by atoms with Gasteiger partial charge in [-0.2, -0.15) is 18.3 Å². The molecule has 0 atom stereocenters. The zero-order valence-corrected chi connectivity index (χ0v) is 10.7. The number of hydrazone groups is 1. The standard InChI is InChI=1S/C12H14F3N3O/c1-17-7-3-4-8(17)5-6-9-10(12(13,14)15)16-18(2)11(9)19/h5-6H,3-4,7H2,1-2H3/b8-5-,9-6+. The van der Waals surface area contributed by atoms with Crippen LogP contribution in [0.15, 0.2) is 28.5 Å². The van der Waals surface area contributed by atoms with Gasteiger partial charge in [-0.15, -0.1) is 0 Å². The highest BCUT2D eigenvalue weighted by molar-refractivity contribution is 6.26. The number of rotatable bonds is 1. The number of amides is 1. The van der Waals surface area contributed by atoms with E-state index < -0.39 is 23.4 Å². The highest BCUT2D eigenvalue weighted by atomic mass is 19.4. The normalized spacial score (nSPS) is 24.9. The number of likely N-dealkylation sites (tertiary alicyclic amines) is 1. The van der Waals surface area contributed by atoms with Gasteiger partial charge < -0.3 is 4.90 Å². The van der Waals surface area contributed by atoms with Crippen molar-refractivity contribution in [2.45, 2.75) is 19.0 Å². The van der Waals surface area contributed by atoms with Gasteiger partial charge in [-0.05, 0) is 25.0 Å². The van der Waals surface area contributed by atoms with E-state index in [0.717, 1.165) is 25.1 Å². The van der Waals surface area contributed by atoms with Crippen molar-refractivity contribution in [1.82, 2.24) is 9.91 Å². The molecule has 2 aliphatic rings. The molecule has 19 heavy (non-hydrogen) atoms. The van der Waals surface area contributed by atoms with Gasteiger partial charge in [0.2, 0.25) is 0 Å². The molecule has 0 spiro atoms. The Hall–Kier alpha value is -1.79. The van der Waals surface area contributed by atoms with E-state index >= 15 is 0 Å². The molecule has 0 aromatic rings. The van der Waals surface area contributed by atoms with Crippen LogP contribution in [0.2, 0.25) is 0 Å². The van der Waals surface area contributed by atoms with E-state index in [-0.39, 0.29) is 0 Å². The molecule has 0 aromatic carbocycles. The first-order chi connectivity index (χ1) is 8.80. The molecule has 0 aromatic heterocycles. The van der Waals surface area contributed by atoms with Crippen LogP contribution in [-0.2, 0) is 4.79 Å². The van der Waals surface area contributed by atoms with Gasteiger partial charge >= 0.3 is 6.18 Å². The van der Waals surface area contributed by atoms with Gasteiger partial charge in [0.25, 0.3) is 5.91 Å². The van der Waals surface area contributed by atoms with Crippen molar-refractivity contribution in [3.05, 3.63) is 23.4 Å². The molecular weight excluding hydrogens is 259 g/mol. The Morgan fingerprint density at radius 1 is 1.26 bits per heavy atom. The van der Waals surface area contributed by atoms with Crippen LogP contribution < -0.4 is 0 Å². The molecule has 7 heteroatoms. The Balaban J connectivity index is 2.32. The molecule has 104 valence electrons. The first-order valence-electron chi connectivity index (χ1n) is 5.87. The third-order valence-corrected chi connectivity index (χ3v) is 3.16. The van der Waals surface area contributed by atoms with Crippen molar-refractivity contribution in [2.75, 3.05) is 20.6 Å². The molecule has 1 saturated heterocycles. The van der Waals surface area contributed by atoms with E-state index in [2.05, 4.69) is 5.10 Å². The number of allylic oxidation sites excluding steroid dienone is 3. The lowest BCUT2D eigenvalue weighted by Crippen LogP contribution is -2.25. The minimum atomic E-state index is -4.62. The minimum absolute atomic E-state index is 0.400. The second-order valence-electron chi connectivity index (χ2n) is 4.54. The van der Waals surface area contributed by atoms with Crippen LogP contribution in [0.1, 0.15) is 12.8 Å². The lowest BCUT2D eigenvalue weighted by molar-refractivity contribution is -0.124. The summed E-state index contributed by atoms with van der Waals surface area (Å²) in [7, 11) is 3.09. The van der Waals surface area contributed by atoms with Gasteiger partial charge in [-0.3, -0.25) is 4.79 Å². The lowest BCUT2D eigenvalue weighted by Gasteiger charge is -2.11.